The number of nitrogens with zero attached hydrogens (tertiary/aromatic N) is 1. The highest BCUT2D eigenvalue weighted by molar-refractivity contribution is 5.73. The number of rotatable bonds is 3. The van der Waals surface area contributed by atoms with Crippen LogP contribution < -0.4 is 0 Å². The smallest absolute Gasteiger partial charge is 0.310 e. The molecule has 0 amide bonds. The number of carboxylic acid groups (broad SMARTS) is 1. The second-order valence-corrected chi connectivity index (χ2v) is 5.77. The highest BCUT2D eigenvalue weighted by atomic mass is 16.4. The molecular weight excluding hydrogens is 226 g/mol. The van der Waals surface area contributed by atoms with Crippen molar-refractivity contribution in [2.75, 3.05) is 13.1 Å². The molecule has 1 N–H and O–H groups in total. The Balaban J connectivity index is 2.11. The molecule has 0 unspecified atom stereocenters. The maximum atomic E-state index is 11.2. The van der Waals surface area contributed by atoms with Crippen LogP contribution in [-0.2, 0) is 17.8 Å². The number of aliphatic carboxylic acids is 1. The summed E-state index contributed by atoms with van der Waals surface area (Å²) in [5.41, 5.74) is 2.07. The summed E-state index contributed by atoms with van der Waals surface area (Å²) < 4.78 is 0. The van der Waals surface area contributed by atoms with Crippen LogP contribution in [0.5, 0.6) is 0 Å². The van der Waals surface area contributed by atoms with E-state index in [1.807, 2.05) is 0 Å². The molecule has 3 heteroatoms. The van der Waals surface area contributed by atoms with Gasteiger partial charge in [-0.3, -0.25) is 9.69 Å². The van der Waals surface area contributed by atoms with Gasteiger partial charge in [0, 0.05) is 13.1 Å². The Hall–Kier alpha value is -1.35. The fourth-order valence-electron chi connectivity index (χ4n) is 2.53. The number of carbonyl (C=O) groups is 1. The van der Waals surface area contributed by atoms with Crippen LogP contribution in [0.2, 0.25) is 0 Å². The van der Waals surface area contributed by atoms with Gasteiger partial charge in [0.2, 0.25) is 0 Å². The van der Waals surface area contributed by atoms with Crippen LogP contribution in [-0.4, -0.2) is 29.1 Å². The zero-order chi connectivity index (χ0) is 13.2. The molecule has 1 aromatic carbocycles. The van der Waals surface area contributed by atoms with Gasteiger partial charge < -0.3 is 5.11 Å². The summed E-state index contributed by atoms with van der Waals surface area (Å²) in [6.45, 7) is 6.05. The molecule has 0 saturated carbocycles. The molecule has 0 bridgehead atoms. The molecule has 0 fully saturated rings. The highest BCUT2D eigenvalue weighted by Crippen LogP contribution is 2.23. The van der Waals surface area contributed by atoms with Gasteiger partial charge in [-0.25, -0.2) is 0 Å². The largest absolute Gasteiger partial charge is 0.481 e. The number of benzene rings is 1. The van der Waals surface area contributed by atoms with E-state index in [-0.39, 0.29) is 0 Å². The molecule has 1 aliphatic heterocycles. The predicted molar refractivity (Wildman–Crippen MR) is 71.5 cm³/mol. The molecule has 1 aromatic rings. The van der Waals surface area contributed by atoms with Gasteiger partial charge in [-0.05, 0) is 44.4 Å². The Kier molecular flexibility index (Phi) is 3.71. The molecule has 1 aliphatic rings. The number of hydrogen-bond donors (Lipinski definition) is 1. The van der Waals surface area contributed by atoms with Gasteiger partial charge in [-0.1, -0.05) is 24.3 Å². The van der Waals surface area contributed by atoms with Crippen molar-refractivity contribution in [3.8, 4) is 0 Å². The quantitative estimate of drug-likeness (QED) is 0.892. The average Bonchev–Trinajstić information content (AvgIpc) is 2.49. The Morgan fingerprint density at radius 1 is 1.33 bits per heavy atom. The van der Waals surface area contributed by atoms with Crippen LogP contribution in [0.15, 0.2) is 24.3 Å². The van der Waals surface area contributed by atoms with Gasteiger partial charge in [0.25, 0.3) is 0 Å². The summed E-state index contributed by atoms with van der Waals surface area (Å²) in [4.78, 5) is 13.5. The summed E-state index contributed by atoms with van der Waals surface area (Å²) in [6.07, 6.45) is 2.20. The summed E-state index contributed by atoms with van der Waals surface area (Å²) >= 11 is 0. The molecule has 0 radical (unpaired) electrons. The van der Waals surface area contributed by atoms with Crippen molar-refractivity contribution in [2.45, 2.75) is 33.2 Å². The minimum atomic E-state index is -0.722. The number of hydrogen-bond acceptors (Lipinski definition) is 2. The van der Waals surface area contributed by atoms with Crippen LogP contribution in [0, 0.1) is 5.41 Å². The summed E-state index contributed by atoms with van der Waals surface area (Å²) in [5, 5.41) is 9.21. The molecule has 18 heavy (non-hydrogen) atoms. The van der Waals surface area contributed by atoms with Crippen molar-refractivity contribution in [3.63, 3.8) is 0 Å². The zero-order valence-corrected chi connectivity index (χ0v) is 11.1. The molecule has 1 heterocycles. The van der Waals surface area contributed by atoms with E-state index in [0.717, 1.165) is 25.9 Å². The van der Waals surface area contributed by atoms with Crippen LogP contribution in [0.4, 0.5) is 0 Å². The summed E-state index contributed by atoms with van der Waals surface area (Å²) in [6, 6.07) is 8.48. The van der Waals surface area contributed by atoms with Crippen molar-refractivity contribution in [2.24, 2.45) is 5.41 Å². The number of fused-ring (bicyclic) bond motifs is 1. The first-order chi connectivity index (χ1) is 8.49. The van der Waals surface area contributed by atoms with Crippen molar-refractivity contribution in [1.29, 1.82) is 0 Å². The van der Waals surface area contributed by atoms with Gasteiger partial charge in [-0.15, -0.1) is 0 Å². The van der Waals surface area contributed by atoms with Crippen LogP contribution in [0.3, 0.4) is 0 Å². The summed E-state index contributed by atoms with van der Waals surface area (Å²) in [7, 11) is 0. The Morgan fingerprint density at radius 2 is 2.00 bits per heavy atom. The first-order valence-corrected chi connectivity index (χ1v) is 6.51. The zero-order valence-electron chi connectivity index (χ0n) is 11.1. The van der Waals surface area contributed by atoms with Crippen molar-refractivity contribution in [3.05, 3.63) is 35.4 Å². The van der Waals surface area contributed by atoms with Crippen LogP contribution >= 0.6 is 0 Å². The van der Waals surface area contributed by atoms with Gasteiger partial charge in [0.15, 0.2) is 0 Å². The van der Waals surface area contributed by atoms with Crippen molar-refractivity contribution in [1.82, 2.24) is 4.90 Å². The van der Waals surface area contributed by atoms with E-state index in [1.165, 1.54) is 11.1 Å². The van der Waals surface area contributed by atoms with Crippen molar-refractivity contribution < 1.29 is 9.90 Å². The summed E-state index contributed by atoms with van der Waals surface area (Å²) in [5.74, 6) is -0.722. The maximum absolute atomic E-state index is 11.2. The lowest BCUT2D eigenvalue weighted by Crippen LogP contribution is -2.39. The topological polar surface area (TPSA) is 40.5 Å². The van der Waals surface area contributed by atoms with Gasteiger partial charge in [0.1, 0.15) is 0 Å². The van der Waals surface area contributed by atoms with Gasteiger partial charge >= 0.3 is 5.97 Å². The van der Waals surface area contributed by atoms with Crippen molar-refractivity contribution >= 4 is 5.97 Å². The minimum Gasteiger partial charge on any atom is -0.481 e. The monoisotopic (exact) mass is 247 g/mol. The maximum Gasteiger partial charge on any atom is 0.310 e. The number of aryl methyl sites for hydroxylation is 1. The third kappa shape index (κ3) is 2.91. The van der Waals surface area contributed by atoms with E-state index in [0.29, 0.717) is 6.54 Å². The number of carboxylic acids is 1. The second kappa shape index (κ2) is 5.11. The molecule has 0 aliphatic carbocycles. The lowest BCUT2D eigenvalue weighted by Gasteiger charge is -2.28. The minimum absolute atomic E-state index is 0.608. The first kappa shape index (κ1) is 13.1. The fourth-order valence-corrected chi connectivity index (χ4v) is 2.53. The third-order valence-electron chi connectivity index (χ3n) is 3.63. The molecule has 3 nitrogen and oxygen atoms in total. The third-order valence-corrected chi connectivity index (χ3v) is 3.63. The fraction of sp³-hybridized carbons (Fsp3) is 0.533. The molecule has 0 spiro atoms. The first-order valence-electron chi connectivity index (χ1n) is 6.51. The van der Waals surface area contributed by atoms with E-state index >= 15 is 0 Å². The molecule has 0 atom stereocenters. The molecule has 2 rings (SSSR count). The lowest BCUT2D eigenvalue weighted by molar-refractivity contribution is -0.148. The normalized spacial score (nSPS) is 17.0. The molecular formula is C15H21NO2. The molecule has 98 valence electrons. The van der Waals surface area contributed by atoms with Crippen LogP contribution in [0.1, 0.15) is 31.4 Å². The Bertz CT molecular complexity index is 440. The van der Waals surface area contributed by atoms with E-state index in [2.05, 4.69) is 29.2 Å². The van der Waals surface area contributed by atoms with Gasteiger partial charge in [-0.2, -0.15) is 0 Å². The Morgan fingerprint density at radius 3 is 2.67 bits per heavy atom. The standard InChI is InChI=1S/C15H21NO2/c1-15(2,14(17)18)11-16-9-5-8-12-6-3-4-7-13(12)10-16/h3-4,6-7H,5,8-11H2,1-2H3,(H,17,18). The molecule has 0 aromatic heterocycles. The Labute approximate surface area is 108 Å². The van der Waals surface area contributed by atoms with Gasteiger partial charge in [0.05, 0.1) is 5.41 Å². The lowest BCUT2D eigenvalue weighted by atomic mass is 9.93. The second-order valence-electron chi connectivity index (χ2n) is 5.77. The van der Waals surface area contributed by atoms with E-state index in [4.69, 9.17) is 0 Å². The average molecular weight is 247 g/mol. The van der Waals surface area contributed by atoms with E-state index < -0.39 is 11.4 Å². The predicted octanol–water partition coefficient (Wildman–Crippen LogP) is 2.55. The van der Waals surface area contributed by atoms with E-state index in [1.54, 1.807) is 13.8 Å². The SMILES string of the molecule is CC(C)(CN1CCCc2ccccc2C1)C(=O)O. The highest BCUT2D eigenvalue weighted by Gasteiger charge is 2.30. The van der Waals surface area contributed by atoms with E-state index in [9.17, 15) is 9.90 Å². The molecule has 0 saturated heterocycles. The van der Waals surface area contributed by atoms with Crippen LogP contribution in [0.25, 0.3) is 0 Å².